The average Bonchev–Trinajstić information content (AvgIpc) is 2.79. The number of carboxylic acids is 1. The molecule has 0 radical (unpaired) electrons. The molecule has 2 unspecified atom stereocenters. The summed E-state index contributed by atoms with van der Waals surface area (Å²) in [5.41, 5.74) is 0. The molecular weight excluding hydrogens is 252 g/mol. The van der Waals surface area contributed by atoms with Gasteiger partial charge in [0.15, 0.2) is 6.10 Å². The van der Waals surface area contributed by atoms with Crippen molar-refractivity contribution >= 4 is 17.8 Å². The highest BCUT2D eigenvalue weighted by molar-refractivity contribution is 5.89. The second kappa shape index (κ2) is 5.56. The molecule has 1 N–H and O–H groups in total. The van der Waals surface area contributed by atoms with E-state index in [0.29, 0.717) is 19.6 Å². The van der Waals surface area contributed by atoms with Crippen LogP contribution in [0.4, 0.5) is 0 Å². The third-order valence-electron chi connectivity index (χ3n) is 3.60. The maximum Gasteiger partial charge on any atom is 0.334 e. The third-order valence-corrected chi connectivity index (χ3v) is 3.60. The van der Waals surface area contributed by atoms with Gasteiger partial charge in [0.25, 0.3) is 0 Å². The van der Waals surface area contributed by atoms with Gasteiger partial charge in [0.1, 0.15) is 0 Å². The average molecular weight is 270 g/mol. The van der Waals surface area contributed by atoms with Gasteiger partial charge in [-0.25, -0.2) is 4.79 Å². The Bertz CT molecular complexity index is 398. The lowest BCUT2D eigenvalue weighted by atomic mass is 10.1. The highest BCUT2D eigenvalue weighted by Crippen LogP contribution is 2.21. The Morgan fingerprint density at radius 2 is 2.16 bits per heavy atom. The molecule has 0 aromatic rings. The Balaban J connectivity index is 1.96. The molecular formula is C12H18N2O5. The molecule has 0 spiro atoms. The van der Waals surface area contributed by atoms with E-state index in [9.17, 15) is 14.4 Å². The van der Waals surface area contributed by atoms with Gasteiger partial charge in [0.2, 0.25) is 11.8 Å². The number of likely N-dealkylation sites (tertiary alicyclic amines) is 1. The Kier molecular flexibility index (Phi) is 4.04. The minimum absolute atomic E-state index is 0.0103. The number of carbonyl (C=O) groups excluding carboxylic acids is 2. The first-order chi connectivity index (χ1) is 9.02. The van der Waals surface area contributed by atoms with Gasteiger partial charge in [0.05, 0.1) is 19.1 Å². The summed E-state index contributed by atoms with van der Waals surface area (Å²) < 4.78 is 5.08. The summed E-state index contributed by atoms with van der Waals surface area (Å²) in [6.45, 7) is 3.58. The lowest BCUT2D eigenvalue weighted by Gasteiger charge is -2.32. The normalized spacial score (nSPS) is 27.7. The number of carboxylic acid groups (broad SMARTS) is 1. The number of morpholine rings is 1. The lowest BCUT2D eigenvalue weighted by molar-refractivity contribution is -0.160. The van der Waals surface area contributed by atoms with Crippen LogP contribution in [0.1, 0.15) is 13.3 Å². The number of carbonyl (C=O) groups is 3. The maximum absolute atomic E-state index is 12.3. The standard InChI is InChI=1S/C12H18N2O5/c1-2-13-6-8(5-10(13)15)11(16)14-3-4-19-9(7-14)12(17)18/h8-9H,2-7H2,1H3,(H,17,18). The van der Waals surface area contributed by atoms with Crippen LogP contribution in [0.5, 0.6) is 0 Å². The summed E-state index contributed by atoms with van der Waals surface area (Å²) in [6.07, 6.45) is -0.737. The molecule has 0 bridgehead atoms. The van der Waals surface area contributed by atoms with Gasteiger partial charge in [0, 0.05) is 26.1 Å². The van der Waals surface area contributed by atoms with Crippen molar-refractivity contribution in [2.75, 3.05) is 32.8 Å². The number of hydrogen-bond donors (Lipinski definition) is 1. The fraction of sp³-hybridized carbons (Fsp3) is 0.750. The zero-order chi connectivity index (χ0) is 14.0. The molecule has 7 nitrogen and oxygen atoms in total. The van der Waals surface area contributed by atoms with E-state index in [1.807, 2.05) is 6.92 Å². The van der Waals surface area contributed by atoms with Crippen LogP contribution in [0.3, 0.4) is 0 Å². The number of amides is 2. The van der Waals surface area contributed by atoms with E-state index in [0.717, 1.165) is 0 Å². The highest BCUT2D eigenvalue weighted by Gasteiger charge is 2.38. The minimum atomic E-state index is -1.06. The van der Waals surface area contributed by atoms with E-state index in [4.69, 9.17) is 9.84 Å². The van der Waals surface area contributed by atoms with Crippen molar-refractivity contribution in [1.82, 2.24) is 9.80 Å². The first-order valence-electron chi connectivity index (χ1n) is 6.44. The second-order valence-corrected chi connectivity index (χ2v) is 4.82. The summed E-state index contributed by atoms with van der Waals surface area (Å²) in [4.78, 5) is 37.9. The van der Waals surface area contributed by atoms with Crippen molar-refractivity contribution in [1.29, 1.82) is 0 Å². The first kappa shape index (κ1) is 13.8. The van der Waals surface area contributed by atoms with Crippen molar-refractivity contribution < 1.29 is 24.2 Å². The van der Waals surface area contributed by atoms with Crippen molar-refractivity contribution in [3.63, 3.8) is 0 Å². The van der Waals surface area contributed by atoms with E-state index < -0.39 is 12.1 Å². The molecule has 2 saturated heterocycles. The number of rotatable bonds is 3. The predicted octanol–water partition coefficient (Wildman–Crippen LogP) is -0.833. The predicted molar refractivity (Wildman–Crippen MR) is 64.3 cm³/mol. The molecule has 2 heterocycles. The van der Waals surface area contributed by atoms with Crippen LogP contribution < -0.4 is 0 Å². The maximum atomic E-state index is 12.3. The van der Waals surface area contributed by atoms with Crippen molar-refractivity contribution in [2.24, 2.45) is 5.92 Å². The molecule has 19 heavy (non-hydrogen) atoms. The quantitative estimate of drug-likeness (QED) is 0.723. The van der Waals surface area contributed by atoms with Crippen LogP contribution in [0.25, 0.3) is 0 Å². The van der Waals surface area contributed by atoms with Gasteiger partial charge in [-0.1, -0.05) is 0 Å². The smallest absolute Gasteiger partial charge is 0.334 e. The molecule has 2 amide bonds. The van der Waals surface area contributed by atoms with Gasteiger partial charge in [-0.15, -0.1) is 0 Å². The Morgan fingerprint density at radius 3 is 2.74 bits per heavy atom. The molecule has 7 heteroatoms. The number of aliphatic carboxylic acids is 1. The minimum Gasteiger partial charge on any atom is -0.479 e. The monoisotopic (exact) mass is 270 g/mol. The van der Waals surface area contributed by atoms with E-state index in [2.05, 4.69) is 0 Å². The fourth-order valence-electron chi connectivity index (χ4n) is 2.50. The van der Waals surface area contributed by atoms with Crippen LogP contribution >= 0.6 is 0 Å². The Labute approximate surface area is 111 Å². The summed E-state index contributed by atoms with van der Waals surface area (Å²) in [5.74, 6) is -1.56. The zero-order valence-corrected chi connectivity index (χ0v) is 10.9. The van der Waals surface area contributed by atoms with Crippen LogP contribution in [-0.4, -0.2) is 71.6 Å². The van der Waals surface area contributed by atoms with Gasteiger partial charge in [-0.3, -0.25) is 9.59 Å². The van der Waals surface area contributed by atoms with E-state index >= 15 is 0 Å². The molecule has 0 aliphatic carbocycles. The molecule has 2 rings (SSSR count). The van der Waals surface area contributed by atoms with E-state index in [1.165, 1.54) is 4.90 Å². The number of nitrogens with zero attached hydrogens (tertiary/aromatic N) is 2. The van der Waals surface area contributed by atoms with Crippen molar-refractivity contribution in [3.8, 4) is 0 Å². The number of ether oxygens (including phenoxy) is 1. The van der Waals surface area contributed by atoms with E-state index in [-0.39, 0.29) is 37.3 Å². The lowest BCUT2D eigenvalue weighted by Crippen LogP contribution is -2.50. The van der Waals surface area contributed by atoms with Crippen LogP contribution in [0.15, 0.2) is 0 Å². The van der Waals surface area contributed by atoms with Crippen molar-refractivity contribution in [3.05, 3.63) is 0 Å². The molecule has 2 aliphatic rings. The Hall–Kier alpha value is -1.63. The SMILES string of the molecule is CCN1CC(C(=O)N2CCOC(C(=O)O)C2)CC1=O. The summed E-state index contributed by atoms with van der Waals surface area (Å²) >= 11 is 0. The molecule has 2 fully saturated rings. The van der Waals surface area contributed by atoms with Gasteiger partial charge >= 0.3 is 5.97 Å². The molecule has 0 aromatic carbocycles. The fourth-order valence-corrected chi connectivity index (χ4v) is 2.50. The van der Waals surface area contributed by atoms with E-state index in [1.54, 1.807) is 4.90 Å². The molecule has 2 aliphatic heterocycles. The van der Waals surface area contributed by atoms with Gasteiger partial charge in [-0.2, -0.15) is 0 Å². The van der Waals surface area contributed by atoms with Gasteiger partial charge < -0.3 is 19.6 Å². The van der Waals surface area contributed by atoms with Gasteiger partial charge in [-0.05, 0) is 6.92 Å². The van der Waals surface area contributed by atoms with Crippen LogP contribution in [-0.2, 0) is 19.1 Å². The molecule has 0 saturated carbocycles. The Morgan fingerprint density at radius 1 is 1.42 bits per heavy atom. The summed E-state index contributed by atoms with van der Waals surface area (Å²) in [7, 11) is 0. The largest absolute Gasteiger partial charge is 0.479 e. The molecule has 0 aromatic heterocycles. The second-order valence-electron chi connectivity index (χ2n) is 4.82. The molecule has 106 valence electrons. The van der Waals surface area contributed by atoms with Crippen LogP contribution in [0.2, 0.25) is 0 Å². The highest BCUT2D eigenvalue weighted by atomic mass is 16.5. The first-order valence-corrected chi connectivity index (χ1v) is 6.44. The summed E-state index contributed by atoms with van der Waals surface area (Å²) in [5, 5.41) is 8.90. The third kappa shape index (κ3) is 2.86. The van der Waals surface area contributed by atoms with Crippen LogP contribution in [0, 0.1) is 5.92 Å². The summed E-state index contributed by atoms with van der Waals surface area (Å²) in [6, 6.07) is 0. The van der Waals surface area contributed by atoms with Crippen molar-refractivity contribution in [2.45, 2.75) is 19.4 Å². The zero-order valence-electron chi connectivity index (χ0n) is 10.9. The molecule has 2 atom stereocenters. The number of hydrogen-bond acceptors (Lipinski definition) is 4. The topological polar surface area (TPSA) is 87.2 Å².